The summed E-state index contributed by atoms with van der Waals surface area (Å²) in [6.07, 6.45) is 0. The molecule has 0 aliphatic carbocycles. The summed E-state index contributed by atoms with van der Waals surface area (Å²) in [7, 11) is -9.50. The lowest BCUT2D eigenvalue weighted by molar-refractivity contribution is 0.363. The van der Waals surface area contributed by atoms with Crippen LogP contribution >= 0.6 is 10.2 Å². The molecule has 0 aliphatic heterocycles. The average Bonchev–Trinajstić information content (AvgIpc) is 1.78. The monoisotopic (exact) mass is 232 g/mol. The fourth-order valence-corrected chi connectivity index (χ4v) is 1.97. The van der Waals surface area contributed by atoms with Crippen molar-refractivity contribution < 1.29 is 19.4 Å². The number of aryl methyl sites for hydroxylation is 2. The number of hydrogen-bond acceptors (Lipinski definition) is 0. The van der Waals surface area contributed by atoms with Crippen LogP contribution in [0.2, 0.25) is 0 Å². The van der Waals surface area contributed by atoms with E-state index in [0.717, 1.165) is 0 Å². The fourth-order valence-electron chi connectivity index (χ4n) is 1.16. The average molecular weight is 232 g/mol. The quantitative estimate of drug-likeness (QED) is 0.600. The Hall–Kier alpha value is -0.780. The van der Waals surface area contributed by atoms with Crippen molar-refractivity contribution in [3.05, 3.63) is 29.3 Å². The zero-order valence-electron chi connectivity index (χ0n) is 7.53. The zero-order valence-corrected chi connectivity index (χ0v) is 8.35. The second-order valence-corrected chi connectivity index (χ2v) is 5.70. The molecule has 0 N–H and O–H groups in total. The Morgan fingerprint density at radius 3 is 1.43 bits per heavy atom. The van der Waals surface area contributed by atoms with E-state index < -0.39 is 15.1 Å². The molecule has 0 atom stereocenters. The van der Waals surface area contributed by atoms with Gasteiger partial charge in [-0.25, -0.2) is 0 Å². The van der Waals surface area contributed by atoms with E-state index in [0.29, 0.717) is 12.1 Å². The Labute approximate surface area is 78.5 Å². The van der Waals surface area contributed by atoms with Crippen molar-refractivity contribution in [3.8, 4) is 0 Å². The first kappa shape index (κ1) is 11.3. The van der Waals surface area contributed by atoms with E-state index in [1.165, 1.54) is 19.9 Å². The van der Waals surface area contributed by atoms with E-state index in [4.69, 9.17) is 0 Å². The lowest BCUT2D eigenvalue weighted by Gasteiger charge is -2.40. The maximum atomic E-state index is 12.3. The van der Waals surface area contributed by atoms with Gasteiger partial charge in [-0.3, -0.25) is 0 Å². The summed E-state index contributed by atoms with van der Waals surface area (Å²) in [5.74, 6) is 0. The van der Waals surface area contributed by atoms with Gasteiger partial charge in [0.1, 0.15) is 4.90 Å². The molecule has 82 valence electrons. The van der Waals surface area contributed by atoms with Crippen LogP contribution in [0, 0.1) is 13.8 Å². The molecule has 0 saturated carbocycles. The second-order valence-electron chi connectivity index (χ2n) is 3.29. The summed E-state index contributed by atoms with van der Waals surface area (Å²) < 4.78 is 61.5. The van der Waals surface area contributed by atoms with Crippen LogP contribution in [0.1, 0.15) is 11.1 Å². The SMILES string of the molecule is Cc1cc(C)cc(S(F)(F)(F)(F)F)c1. The van der Waals surface area contributed by atoms with Crippen LogP contribution in [-0.4, -0.2) is 0 Å². The van der Waals surface area contributed by atoms with Crippen molar-refractivity contribution in [2.75, 3.05) is 0 Å². The van der Waals surface area contributed by atoms with Gasteiger partial charge < -0.3 is 0 Å². The molecular weight excluding hydrogens is 223 g/mol. The van der Waals surface area contributed by atoms with Gasteiger partial charge in [-0.05, 0) is 37.1 Å². The Morgan fingerprint density at radius 2 is 1.14 bits per heavy atom. The third kappa shape index (κ3) is 2.60. The van der Waals surface area contributed by atoms with Gasteiger partial charge >= 0.3 is 10.2 Å². The Kier molecular flexibility index (Phi) is 1.81. The molecule has 0 radical (unpaired) electrons. The standard InChI is InChI=1S/C8H9F5S/c1-6-3-7(2)5-8(4-6)14(9,10,11,12)13/h3-5H,1-2H3. The molecule has 0 aliphatic rings. The number of rotatable bonds is 1. The molecule has 0 unspecified atom stereocenters. The molecule has 1 rings (SSSR count). The van der Waals surface area contributed by atoms with Crippen LogP contribution in [0.15, 0.2) is 23.1 Å². The van der Waals surface area contributed by atoms with Crippen LogP contribution in [-0.2, 0) is 0 Å². The van der Waals surface area contributed by atoms with Gasteiger partial charge in [0.05, 0.1) is 0 Å². The van der Waals surface area contributed by atoms with E-state index in [-0.39, 0.29) is 11.1 Å². The van der Waals surface area contributed by atoms with E-state index in [1.54, 1.807) is 0 Å². The van der Waals surface area contributed by atoms with Gasteiger partial charge in [0.15, 0.2) is 0 Å². The lowest BCUT2D eigenvalue weighted by atomic mass is 10.2. The van der Waals surface area contributed by atoms with Crippen molar-refractivity contribution in [2.45, 2.75) is 18.7 Å². The van der Waals surface area contributed by atoms with E-state index in [2.05, 4.69) is 0 Å². The molecule has 6 heteroatoms. The van der Waals surface area contributed by atoms with Crippen LogP contribution in [0.3, 0.4) is 0 Å². The molecule has 1 aromatic carbocycles. The molecule has 0 heterocycles. The highest BCUT2D eigenvalue weighted by molar-refractivity contribution is 8.45. The number of benzene rings is 1. The summed E-state index contributed by atoms with van der Waals surface area (Å²) in [4.78, 5) is -1.82. The smallest absolute Gasteiger partial charge is 0.0936 e. The van der Waals surface area contributed by atoms with Gasteiger partial charge in [0.2, 0.25) is 0 Å². The Bertz CT molecular complexity index is 357. The first-order chi connectivity index (χ1) is 5.88. The predicted molar refractivity (Wildman–Crippen MR) is 47.3 cm³/mol. The minimum absolute atomic E-state index is 0.174. The molecule has 0 bridgehead atoms. The summed E-state index contributed by atoms with van der Waals surface area (Å²) >= 11 is 0. The van der Waals surface area contributed by atoms with Gasteiger partial charge in [0.25, 0.3) is 0 Å². The minimum Gasteiger partial charge on any atom is -0.0936 e. The molecule has 0 aromatic heterocycles. The molecule has 0 saturated heterocycles. The van der Waals surface area contributed by atoms with Crippen LogP contribution < -0.4 is 0 Å². The van der Waals surface area contributed by atoms with Crippen molar-refractivity contribution in [1.29, 1.82) is 0 Å². The van der Waals surface area contributed by atoms with Gasteiger partial charge in [0, 0.05) is 0 Å². The summed E-state index contributed by atoms with van der Waals surface area (Å²) in [5, 5.41) is 0. The van der Waals surface area contributed by atoms with Crippen LogP contribution in [0.4, 0.5) is 19.4 Å². The molecule has 1 aromatic rings. The fraction of sp³-hybridized carbons (Fsp3) is 0.250. The minimum atomic E-state index is -9.50. The van der Waals surface area contributed by atoms with Crippen molar-refractivity contribution in [3.63, 3.8) is 0 Å². The first-order valence-electron chi connectivity index (χ1n) is 3.71. The maximum Gasteiger partial charge on any atom is 0.310 e. The summed E-state index contributed by atoms with van der Waals surface area (Å²) in [5.41, 5.74) is 0.349. The molecule has 0 spiro atoms. The van der Waals surface area contributed by atoms with Crippen molar-refractivity contribution in [1.82, 2.24) is 0 Å². The number of halogens is 5. The molecular formula is C8H9F5S. The largest absolute Gasteiger partial charge is 0.310 e. The number of hydrogen-bond donors (Lipinski definition) is 0. The van der Waals surface area contributed by atoms with Gasteiger partial charge in [-0.1, -0.05) is 25.5 Å². The Morgan fingerprint density at radius 1 is 0.786 bits per heavy atom. The molecule has 0 fully saturated rings. The van der Waals surface area contributed by atoms with Crippen LogP contribution in [0.25, 0.3) is 0 Å². The Balaban J connectivity index is 3.50. The summed E-state index contributed by atoms with van der Waals surface area (Å²) in [6, 6.07) is 2.34. The third-order valence-electron chi connectivity index (χ3n) is 1.64. The predicted octanol–water partition coefficient (Wildman–Crippen LogP) is 4.96. The molecule has 0 nitrogen and oxygen atoms in total. The van der Waals surface area contributed by atoms with E-state index in [1.807, 2.05) is 0 Å². The van der Waals surface area contributed by atoms with Crippen molar-refractivity contribution in [2.24, 2.45) is 0 Å². The third-order valence-corrected chi connectivity index (χ3v) is 2.77. The first-order valence-corrected chi connectivity index (χ1v) is 5.66. The summed E-state index contributed by atoms with van der Waals surface area (Å²) in [6.45, 7) is 2.69. The van der Waals surface area contributed by atoms with Gasteiger partial charge in [-0.2, -0.15) is 0 Å². The topological polar surface area (TPSA) is 0 Å². The molecule has 0 amide bonds. The second kappa shape index (κ2) is 2.24. The van der Waals surface area contributed by atoms with E-state index >= 15 is 0 Å². The molecule has 14 heavy (non-hydrogen) atoms. The van der Waals surface area contributed by atoms with Gasteiger partial charge in [-0.15, -0.1) is 0 Å². The highest BCUT2D eigenvalue weighted by Gasteiger charge is 2.65. The zero-order chi connectivity index (χ0) is 11.3. The lowest BCUT2D eigenvalue weighted by Crippen LogP contribution is -2.06. The highest BCUT2D eigenvalue weighted by Crippen LogP contribution is 3.02. The van der Waals surface area contributed by atoms with Crippen molar-refractivity contribution >= 4 is 10.2 Å². The normalized spacial score (nSPS) is 17.4. The maximum absolute atomic E-state index is 12.3. The van der Waals surface area contributed by atoms with E-state index in [9.17, 15) is 19.4 Å². The highest BCUT2D eigenvalue weighted by atomic mass is 32.5. The van der Waals surface area contributed by atoms with Crippen LogP contribution in [0.5, 0.6) is 0 Å².